The summed E-state index contributed by atoms with van der Waals surface area (Å²) < 4.78 is 5.01. The Balaban J connectivity index is 2.11. The van der Waals surface area contributed by atoms with Gasteiger partial charge in [0, 0.05) is 12.1 Å². The fourth-order valence-electron chi connectivity index (χ4n) is 1.47. The van der Waals surface area contributed by atoms with Gasteiger partial charge >= 0.3 is 5.97 Å². The van der Waals surface area contributed by atoms with E-state index in [1.807, 2.05) is 0 Å². The summed E-state index contributed by atoms with van der Waals surface area (Å²) in [6, 6.07) is 8.32. The van der Waals surface area contributed by atoms with Gasteiger partial charge in [0.05, 0.1) is 15.4 Å². The van der Waals surface area contributed by atoms with Crippen molar-refractivity contribution in [1.29, 1.82) is 0 Å². The van der Waals surface area contributed by atoms with Crippen molar-refractivity contribution in [2.45, 2.75) is 6.10 Å². The van der Waals surface area contributed by atoms with E-state index in [1.54, 1.807) is 23.8 Å². The highest BCUT2D eigenvalue weighted by atomic mass is 32.1. The minimum Gasteiger partial charge on any atom is -0.444 e. The molecule has 1 unspecified atom stereocenters. The van der Waals surface area contributed by atoms with Crippen LogP contribution in [-0.4, -0.2) is 17.2 Å². The maximum atomic E-state index is 11.8. The molecule has 0 fully saturated rings. The van der Waals surface area contributed by atoms with Gasteiger partial charge in [-0.15, -0.1) is 11.3 Å². The highest BCUT2D eigenvalue weighted by Crippen LogP contribution is 2.22. The molecule has 1 radical (unpaired) electrons. The Labute approximate surface area is 117 Å². The Bertz CT molecular complexity index is 621. The summed E-state index contributed by atoms with van der Waals surface area (Å²) >= 11 is 1.27. The monoisotopic (exact) mass is 290 g/mol. The Morgan fingerprint density at radius 2 is 2.00 bits per heavy atom. The second kappa shape index (κ2) is 6.07. The predicted octanol–water partition coefficient (Wildman–Crippen LogP) is 2.66. The number of rotatable bonds is 5. The first-order valence-electron chi connectivity index (χ1n) is 5.48. The molecule has 2 aromatic rings. The van der Waals surface area contributed by atoms with E-state index >= 15 is 0 Å². The number of benzene rings is 1. The molecule has 1 aromatic carbocycles. The SMILES string of the molecule is O=[C]C(OC(=O)c1ccc([N+](=O)[O-])cc1)c1cccs1. The van der Waals surface area contributed by atoms with Crippen LogP contribution in [0.15, 0.2) is 41.8 Å². The fourth-order valence-corrected chi connectivity index (χ4v) is 2.17. The van der Waals surface area contributed by atoms with E-state index in [9.17, 15) is 19.7 Å². The normalized spacial score (nSPS) is 11.6. The van der Waals surface area contributed by atoms with Crippen LogP contribution < -0.4 is 0 Å². The number of nitro benzene ring substituents is 1. The van der Waals surface area contributed by atoms with Gasteiger partial charge in [-0.3, -0.25) is 14.9 Å². The summed E-state index contributed by atoms with van der Waals surface area (Å²) in [5.74, 6) is -0.735. The highest BCUT2D eigenvalue weighted by Gasteiger charge is 2.19. The van der Waals surface area contributed by atoms with Crippen molar-refractivity contribution in [1.82, 2.24) is 0 Å². The first-order valence-corrected chi connectivity index (χ1v) is 6.36. The first kappa shape index (κ1) is 13.9. The minimum absolute atomic E-state index is 0.127. The molecule has 0 amide bonds. The van der Waals surface area contributed by atoms with Crippen molar-refractivity contribution in [2.24, 2.45) is 0 Å². The van der Waals surface area contributed by atoms with Gasteiger partial charge in [0.1, 0.15) is 0 Å². The molecule has 0 aliphatic carbocycles. The third-order valence-corrected chi connectivity index (χ3v) is 3.36. The van der Waals surface area contributed by atoms with Crippen LogP contribution in [-0.2, 0) is 9.53 Å². The Hall–Kier alpha value is -2.54. The number of carbonyl (C=O) groups excluding carboxylic acids is 2. The molecule has 0 bridgehead atoms. The predicted molar refractivity (Wildman–Crippen MR) is 71.3 cm³/mol. The molecule has 1 heterocycles. The molecule has 0 saturated heterocycles. The van der Waals surface area contributed by atoms with Gasteiger partial charge in [-0.05, 0) is 23.6 Å². The second-order valence-electron chi connectivity index (χ2n) is 3.72. The molecular weight excluding hydrogens is 282 g/mol. The third-order valence-electron chi connectivity index (χ3n) is 2.45. The standard InChI is InChI=1S/C13H8NO5S/c15-8-11(12-2-1-7-20-12)19-13(16)9-3-5-10(6-4-9)14(17)18/h1-7,11H. The lowest BCUT2D eigenvalue weighted by molar-refractivity contribution is -0.384. The molecule has 0 spiro atoms. The quantitative estimate of drug-likeness (QED) is 0.480. The fraction of sp³-hybridized carbons (Fsp3) is 0.0769. The summed E-state index contributed by atoms with van der Waals surface area (Å²) in [6.07, 6.45) is 0.558. The molecule has 0 aliphatic rings. The molecule has 1 aromatic heterocycles. The van der Waals surface area contributed by atoms with Gasteiger partial charge in [-0.1, -0.05) is 6.07 Å². The molecule has 20 heavy (non-hydrogen) atoms. The first-order chi connectivity index (χ1) is 9.61. The number of non-ortho nitro benzene ring substituents is 1. The number of hydrogen-bond donors (Lipinski definition) is 0. The van der Waals surface area contributed by atoms with Crippen LogP contribution in [0.2, 0.25) is 0 Å². The van der Waals surface area contributed by atoms with Crippen molar-refractivity contribution < 1.29 is 19.2 Å². The summed E-state index contributed by atoms with van der Waals surface area (Å²) in [7, 11) is 0. The van der Waals surface area contributed by atoms with Crippen LogP contribution in [0.4, 0.5) is 5.69 Å². The Morgan fingerprint density at radius 3 is 2.50 bits per heavy atom. The lowest BCUT2D eigenvalue weighted by Crippen LogP contribution is -2.11. The maximum Gasteiger partial charge on any atom is 0.339 e. The molecule has 101 valence electrons. The van der Waals surface area contributed by atoms with Gasteiger partial charge in [-0.25, -0.2) is 4.79 Å². The average molecular weight is 290 g/mol. The van der Waals surface area contributed by atoms with Gasteiger partial charge in [0.2, 0.25) is 12.4 Å². The molecule has 7 heteroatoms. The largest absolute Gasteiger partial charge is 0.444 e. The molecular formula is C13H8NO5S. The smallest absolute Gasteiger partial charge is 0.339 e. The lowest BCUT2D eigenvalue weighted by Gasteiger charge is -2.09. The maximum absolute atomic E-state index is 11.8. The van der Waals surface area contributed by atoms with Crippen LogP contribution in [0.5, 0.6) is 0 Å². The molecule has 0 N–H and O–H groups in total. The van der Waals surface area contributed by atoms with E-state index in [2.05, 4.69) is 0 Å². The number of thiophene rings is 1. The summed E-state index contributed by atoms with van der Waals surface area (Å²) in [5.41, 5.74) is 0.00529. The number of ether oxygens (including phenoxy) is 1. The second-order valence-corrected chi connectivity index (χ2v) is 4.70. The molecule has 6 nitrogen and oxygen atoms in total. The number of esters is 1. The number of nitrogens with zero attached hydrogens (tertiary/aromatic N) is 1. The molecule has 0 saturated carbocycles. The van der Waals surface area contributed by atoms with E-state index in [4.69, 9.17) is 4.74 Å². The Kier molecular flexibility index (Phi) is 4.21. The Morgan fingerprint density at radius 1 is 1.30 bits per heavy atom. The van der Waals surface area contributed by atoms with Crippen molar-refractivity contribution in [3.05, 3.63) is 62.3 Å². The summed E-state index contributed by atoms with van der Waals surface area (Å²) in [6.45, 7) is 0. The van der Waals surface area contributed by atoms with Crippen molar-refractivity contribution in [3.8, 4) is 0 Å². The zero-order valence-corrected chi connectivity index (χ0v) is 10.8. The lowest BCUT2D eigenvalue weighted by atomic mass is 10.2. The van der Waals surface area contributed by atoms with E-state index in [1.165, 1.54) is 35.6 Å². The zero-order valence-electron chi connectivity index (χ0n) is 10.0. The minimum atomic E-state index is -1.09. The van der Waals surface area contributed by atoms with Crippen LogP contribution in [0.1, 0.15) is 21.3 Å². The highest BCUT2D eigenvalue weighted by molar-refractivity contribution is 7.10. The van der Waals surface area contributed by atoms with Gasteiger partial charge in [0.25, 0.3) is 5.69 Å². The van der Waals surface area contributed by atoms with Crippen LogP contribution in [0.3, 0.4) is 0 Å². The topological polar surface area (TPSA) is 86.5 Å². The molecule has 2 rings (SSSR count). The van der Waals surface area contributed by atoms with Gasteiger partial charge in [-0.2, -0.15) is 0 Å². The molecule has 1 atom stereocenters. The van der Waals surface area contributed by atoms with E-state index in [-0.39, 0.29) is 11.3 Å². The molecule has 0 aliphatic heterocycles. The van der Waals surface area contributed by atoms with Crippen LogP contribution >= 0.6 is 11.3 Å². The van der Waals surface area contributed by atoms with E-state index in [0.717, 1.165) is 0 Å². The van der Waals surface area contributed by atoms with Crippen molar-refractivity contribution in [2.75, 3.05) is 0 Å². The third kappa shape index (κ3) is 3.07. The summed E-state index contributed by atoms with van der Waals surface area (Å²) in [5, 5.41) is 12.3. The van der Waals surface area contributed by atoms with E-state index < -0.39 is 17.0 Å². The number of hydrogen-bond acceptors (Lipinski definition) is 6. The zero-order chi connectivity index (χ0) is 14.5. The van der Waals surface area contributed by atoms with Gasteiger partial charge < -0.3 is 4.74 Å². The van der Waals surface area contributed by atoms with Crippen molar-refractivity contribution in [3.63, 3.8) is 0 Å². The average Bonchev–Trinajstić information content (AvgIpc) is 2.98. The van der Waals surface area contributed by atoms with Crippen LogP contribution in [0, 0.1) is 10.1 Å². The van der Waals surface area contributed by atoms with E-state index in [0.29, 0.717) is 4.88 Å². The van der Waals surface area contributed by atoms with Crippen LogP contribution in [0.25, 0.3) is 0 Å². The van der Waals surface area contributed by atoms with Crippen molar-refractivity contribution >= 4 is 29.3 Å². The number of carbonyl (C=O) groups is 1. The van der Waals surface area contributed by atoms with Gasteiger partial charge in [0.15, 0.2) is 0 Å². The number of nitro groups is 1. The summed E-state index contributed by atoms with van der Waals surface area (Å²) in [4.78, 5) is 33.2.